The lowest BCUT2D eigenvalue weighted by atomic mass is 9.83. The van der Waals surface area contributed by atoms with Crippen LogP contribution in [0.15, 0.2) is 18.2 Å². The van der Waals surface area contributed by atoms with E-state index in [0.29, 0.717) is 26.1 Å². The molecule has 0 aromatic heterocycles. The van der Waals surface area contributed by atoms with Crippen LogP contribution in [-0.4, -0.2) is 40.3 Å². The number of hydrogen-bond donors (Lipinski definition) is 2. The van der Waals surface area contributed by atoms with E-state index in [1.54, 1.807) is 6.92 Å². The molecule has 1 fully saturated rings. The van der Waals surface area contributed by atoms with E-state index in [1.165, 1.54) is 18.2 Å². The van der Waals surface area contributed by atoms with Gasteiger partial charge in [-0.1, -0.05) is 13.0 Å². The van der Waals surface area contributed by atoms with Crippen molar-refractivity contribution in [1.29, 1.82) is 0 Å². The van der Waals surface area contributed by atoms with Gasteiger partial charge in [0.05, 0.1) is 16.8 Å². The van der Waals surface area contributed by atoms with E-state index in [4.69, 9.17) is 0 Å². The molecule has 1 unspecified atom stereocenters. The van der Waals surface area contributed by atoms with Crippen LogP contribution in [0.1, 0.15) is 38.7 Å². The van der Waals surface area contributed by atoms with E-state index in [-0.39, 0.29) is 18.4 Å². The summed E-state index contributed by atoms with van der Waals surface area (Å²) in [5.41, 5.74) is -2.48. The Morgan fingerprint density at radius 2 is 1.76 bits per heavy atom. The smallest absolute Gasteiger partial charge is 0.132 e. The molecule has 1 atom stereocenters. The topological polar surface area (TPSA) is 43.7 Å². The molecule has 21 heavy (non-hydrogen) atoms. The van der Waals surface area contributed by atoms with E-state index in [1.807, 2.05) is 11.8 Å². The predicted molar refractivity (Wildman–Crippen MR) is 76.8 cm³/mol. The molecular weight excluding hydrogens is 276 g/mol. The van der Waals surface area contributed by atoms with Gasteiger partial charge in [0, 0.05) is 19.6 Å². The molecule has 1 aliphatic heterocycles. The maximum atomic E-state index is 13.8. The van der Waals surface area contributed by atoms with Gasteiger partial charge < -0.3 is 15.1 Å². The van der Waals surface area contributed by atoms with Crippen molar-refractivity contribution in [3.8, 4) is 0 Å². The minimum absolute atomic E-state index is 0.230. The zero-order valence-electron chi connectivity index (χ0n) is 12.6. The molecule has 1 aromatic carbocycles. The molecule has 1 heterocycles. The normalized spacial score (nSPS) is 22.0. The van der Waals surface area contributed by atoms with E-state index in [9.17, 15) is 19.0 Å². The molecule has 2 rings (SSSR count). The molecule has 0 radical (unpaired) electrons. The first-order chi connectivity index (χ1) is 9.77. The van der Waals surface area contributed by atoms with Crippen molar-refractivity contribution in [1.82, 2.24) is 4.90 Å². The molecule has 0 aliphatic carbocycles. The number of likely N-dealkylation sites (tertiary alicyclic amines) is 1. The summed E-state index contributed by atoms with van der Waals surface area (Å²) in [6.07, 6.45) is 1.14. The van der Waals surface area contributed by atoms with Crippen LogP contribution < -0.4 is 0 Å². The molecule has 0 saturated carbocycles. The Balaban J connectivity index is 2.09. The largest absolute Gasteiger partial charge is 0.389 e. The molecule has 1 aromatic rings. The van der Waals surface area contributed by atoms with Gasteiger partial charge in [0.25, 0.3) is 0 Å². The van der Waals surface area contributed by atoms with Crippen LogP contribution in [0.3, 0.4) is 0 Å². The molecule has 1 saturated heterocycles. The Kier molecular flexibility index (Phi) is 4.66. The molecule has 0 bridgehead atoms. The van der Waals surface area contributed by atoms with Gasteiger partial charge in [0.2, 0.25) is 0 Å². The summed E-state index contributed by atoms with van der Waals surface area (Å²) >= 11 is 0. The average molecular weight is 299 g/mol. The second-order valence-corrected chi connectivity index (χ2v) is 6.25. The lowest BCUT2D eigenvalue weighted by Gasteiger charge is -2.41. The van der Waals surface area contributed by atoms with Crippen molar-refractivity contribution in [3.63, 3.8) is 0 Å². The van der Waals surface area contributed by atoms with Crippen LogP contribution in [0.4, 0.5) is 8.78 Å². The Bertz CT molecular complexity index is 477. The quantitative estimate of drug-likeness (QED) is 0.897. The minimum Gasteiger partial charge on any atom is -0.389 e. The maximum Gasteiger partial charge on any atom is 0.132 e. The third-order valence-corrected chi connectivity index (χ3v) is 4.44. The van der Waals surface area contributed by atoms with Crippen LogP contribution in [0, 0.1) is 11.6 Å². The first-order valence-electron chi connectivity index (χ1n) is 7.39. The Morgan fingerprint density at radius 3 is 2.24 bits per heavy atom. The van der Waals surface area contributed by atoms with Crippen LogP contribution in [0.25, 0.3) is 0 Å². The van der Waals surface area contributed by atoms with E-state index >= 15 is 0 Å². The standard InChI is InChI=1S/C16H23F2NO2/c1-3-15(2,20)11-19-9-7-16(21,8-10-19)14-12(17)5-4-6-13(14)18/h4-6,20-21H,3,7-11H2,1-2H3. The molecule has 118 valence electrons. The molecule has 0 spiro atoms. The van der Waals surface area contributed by atoms with Crippen LogP contribution in [0.5, 0.6) is 0 Å². The third-order valence-electron chi connectivity index (χ3n) is 4.44. The fourth-order valence-electron chi connectivity index (χ4n) is 2.87. The van der Waals surface area contributed by atoms with Gasteiger partial charge >= 0.3 is 0 Å². The number of hydrogen-bond acceptors (Lipinski definition) is 3. The van der Waals surface area contributed by atoms with Gasteiger partial charge in [0.1, 0.15) is 11.6 Å². The Labute approximate surface area is 124 Å². The molecule has 2 N–H and O–H groups in total. The van der Waals surface area contributed by atoms with Crippen molar-refractivity contribution in [2.45, 2.75) is 44.3 Å². The number of β-amino-alcohol motifs (C(OH)–C–C–N with tert-alkyl or cyclic N) is 1. The van der Waals surface area contributed by atoms with E-state index in [2.05, 4.69) is 0 Å². The minimum atomic E-state index is -1.47. The zero-order valence-corrected chi connectivity index (χ0v) is 12.6. The summed E-state index contributed by atoms with van der Waals surface area (Å²) in [6, 6.07) is 3.64. The van der Waals surface area contributed by atoms with Gasteiger partial charge in [0.15, 0.2) is 0 Å². The van der Waals surface area contributed by atoms with E-state index in [0.717, 1.165) is 0 Å². The van der Waals surface area contributed by atoms with Crippen molar-refractivity contribution in [3.05, 3.63) is 35.4 Å². The van der Waals surface area contributed by atoms with Gasteiger partial charge in [-0.2, -0.15) is 0 Å². The number of halogens is 2. The summed E-state index contributed by atoms with van der Waals surface area (Å²) in [6.45, 7) is 5.18. The van der Waals surface area contributed by atoms with E-state index < -0.39 is 22.8 Å². The van der Waals surface area contributed by atoms with Crippen molar-refractivity contribution in [2.24, 2.45) is 0 Å². The number of rotatable bonds is 4. The van der Waals surface area contributed by atoms with Crippen molar-refractivity contribution < 1.29 is 19.0 Å². The fraction of sp³-hybridized carbons (Fsp3) is 0.625. The highest BCUT2D eigenvalue weighted by Crippen LogP contribution is 2.36. The SMILES string of the molecule is CCC(C)(O)CN1CCC(O)(c2c(F)cccc2F)CC1. The number of nitrogens with zero attached hydrogens (tertiary/aromatic N) is 1. The van der Waals surface area contributed by atoms with Crippen molar-refractivity contribution >= 4 is 0 Å². The van der Waals surface area contributed by atoms with Crippen LogP contribution in [0.2, 0.25) is 0 Å². The number of piperidine rings is 1. The Morgan fingerprint density at radius 1 is 1.24 bits per heavy atom. The lowest BCUT2D eigenvalue weighted by molar-refractivity contribution is -0.0540. The second-order valence-electron chi connectivity index (χ2n) is 6.25. The molecule has 5 heteroatoms. The highest BCUT2D eigenvalue weighted by Gasteiger charge is 2.39. The zero-order chi connectivity index (χ0) is 15.7. The summed E-state index contributed by atoms with van der Waals surface area (Å²) in [4.78, 5) is 2.02. The first kappa shape index (κ1) is 16.3. The first-order valence-corrected chi connectivity index (χ1v) is 7.39. The second kappa shape index (κ2) is 5.99. The summed E-state index contributed by atoms with van der Waals surface area (Å²) in [5.74, 6) is -1.40. The van der Waals surface area contributed by atoms with Gasteiger partial charge in [-0.3, -0.25) is 0 Å². The third kappa shape index (κ3) is 3.59. The van der Waals surface area contributed by atoms with Gasteiger partial charge in [-0.25, -0.2) is 8.78 Å². The summed E-state index contributed by atoms with van der Waals surface area (Å²) in [7, 11) is 0. The van der Waals surface area contributed by atoms with Crippen LogP contribution >= 0.6 is 0 Å². The lowest BCUT2D eigenvalue weighted by Crippen LogP contribution is -2.48. The highest BCUT2D eigenvalue weighted by molar-refractivity contribution is 5.27. The molecular formula is C16H23F2NO2. The monoisotopic (exact) mass is 299 g/mol. The maximum absolute atomic E-state index is 13.8. The van der Waals surface area contributed by atoms with Gasteiger partial charge in [-0.15, -0.1) is 0 Å². The molecule has 1 aliphatic rings. The van der Waals surface area contributed by atoms with Crippen LogP contribution in [-0.2, 0) is 5.60 Å². The summed E-state index contributed by atoms with van der Waals surface area (Å²) < 4.78 is 27.7. The average Bonchev–Trinajstić information content (AvgIpc) is 2.41. The number of aliphatic hydroxyl groups is 2. The van der Waals surface area contributed by atoms with Gasteiger partial charge in [-0.05, 0) is 38.3 Å². The highest BCUT2D eigenvalue weighted by atomic mass is 19.1. The fourth-order valence-corrected chi connectivity index (χ4v) is 2.87. The predicted octanol–water partition coefficient (Wildman–Crippen LogP) is 2.41. The molecule has 3 nitrogen and oxygen atoms in total. The van der Waals surface area contributed by atoms with Crippen molar-refractivity contribution in [2.75, 3.05) is 19.6 Å². The Hall–Kier alpha value is -1.04. The number of benzene rings is 1. The molecule has 0 amide bonds. The summed E-state index contributed by atoms with van der Waals surface area (Å²) in [5, 5.41) is 20.7.